The van der Waals surface area contributed by atoms with E-state index in [1.807, 2.05) is 0 Å². The van der Waals surface area contributed by atoms with E-state index in [1.54, 1.807) is 20.8 Å². The number of carboxylic acids is 1. The Labute approximate surface area is 98.7 Å². The van der Waals surface area contributed by atoms with Crippen LogP contribution < -0.4 is 5.32 Å². The van der Waals surface area contributed by atoms with E-state index in [-0.39, 0.29) is 6.54 Å². The van der Waals surface area contributed by atoms with Gasteiger partial charge in [-0.1, -0.05) is 0 Å². The lowest BCUT2D eigenvalue weighted by Gasteiger charge is -2.38. The number of carbonyl (C=O) groups is 2. The number of carbonyl (C=O) groups excluding carboxylic acids is 1. The lowest BCUT2D eigenvalue weighted by molar-refractivity contribution is -0.227. The Morgan fingerprint density at radius 1 is 1.41 bits per heavy atom. The van der Waals surface area contributed by atoms with Gasteiger partial charge in [-0.3, -0.25) is 0 Å². The number of hydrogen-bond acceptors (Lipinski definition) is 5. The molecule has 0 spiro atoms. The van der Waals surface area contributed by atoms with Gasteiger partial charge in [0.25, 0.3) is 0 Å². The van der Waals surface area contributed by atoms with Crippen molar-refractivity contribution in [2.24, 2.45) is 0 Å². The summed E-state index contributed by atoms with van der Waals surface area (Å²) in [4.78, 5) is 21.7. The Hall–Kier alpha value is -1.34. The smallest absolute Gasteiger partial charge is 0.407 e. The molecular formula is C10H17NO6. The number of aliphatic carboxylic acids is 1. The first-order valence-electron chi connectivity index (χ1n) is 5.24. The van der Waals surface area contributed by atoms with Crippen molar-refractivity contribution in [1.29, 1.82) is 0 Å². The predicted molar refractivity (Wildman–Crippen MR) is 56.5 cm³/mol. The molecule has 1 aliphatic heterocycles. The number of carboxylic acid groups (broad SMARTS) is 1. The van der Waals surface area contributed by atoms with Crippen LogP contribution in [0.5, 0.6) is 0 Å². The largest absolute Gasteiger partial charge is 0.479 e. The summed E-state index contributed by atoms with van der Waals surface area (Å²) in [6.45, 7) is 5.19. The number of aliphatic hydroxyl groups is 1. The lowest BCUT2D eigenvalue weighted by atomic mass is 10.0. The first kappa shape index (κ1) is 13.7. The van der Waals surface area contributed by atoms with Crippen molar-refractivity contribution >= 4 is 12.1 Å². The molecule has 0 aromatic carbocycles. The number of hydrogen-bond donors (Lipinski definition) is 3. The highest BCUT2D eigenvalue weighted by molar-refractivity contribution is 5.74. The van der Waals surface area contributed by atoms with E-state index in [0.29, 0.717) is 0 Å². The molecule has 1 aliphatic rings. The Balaban J connectivity index is 2.25. The fourth-order valence-corrected chi connectivity index (χ4v) is 1.33. The summed E-state index contributed by atoms with van der Waals surface area (Å²) < 4.78 is 9.84. The molecule has 3 N–H and O–H groups in total. The van der Waals surface area contributed by atoms with Crippen LogP contribution in [0.3, 0.4) is 0 Å². The van der Waals surface area contributed by atoms with Gasteiger partial charge in [0, 0.05) is 6.54 Å². The van der Waals surface area contributed by atoms with Crippen LogP contribution in [0.15, 0.2) is 0 Å². The van der Waals surface area contributed by atoms with Crippen molar-refractivity contribution in [1.82, 2.24) is 5.32 Å². The van der Waals surface area contributed by atoms with Gasteiger partial charge in [0.05, 0.1) is 0 Å². The third-order valence-electron chi connectivity index (χ3n) is 2.10. The number of alkyl carbamates (subject to hydrolysis) is 1. The third-order valence-corrected chi connectivity index (χ3v) is 2.10. The van der Waals surface area contributed by atoms with Crippen LogP contribution in [0.1, 0.15) is 20.8 Å². The Morgan fingerprint density at radius 3 is 2.41 bits per heavy atom. The Morgan fingerprint density at radius 2 is 2.00 bits per heavy atom. The van der Waals surface area contributed by atoms with Gasteiger partial charge in [0.2, 0.25) is 0 Å². The monoisotopic (exact) mass is 247 g/mol. The topological polar surface area (TPSA) is 105 Å². The molecule has 98 valence electrons. The van der Waals surface area contributed by atoms with Crippen molar-refractivity contribution in [2.75, 3.05) is 6.54 Å². The second-order valence-corrected chi connectivity index (χ2v) is 4.81. The van der Waals surface area contributed by atoms with Crippen LogP contribution in [-0.4, -0.2) is 52.7 Å². The summed E-state index contributed by atoms with van der Waals surface area (Å²) in [7, 11) is 0. The highest BCUT2D eigenvalue weighted by Gasteiger charge is 2.46. The van der Waals surface area contributed by atoms with Gasteiger partial charge in [-0.05, 0) is 20.8 Å². The first-order chi connectivity index (χ1) is 7.70. The molecule has 1 rings (SSSR count). The molecule has 0 bridgehead atoms. The zero-order valence-electron chi connectivity index (χ0n) is 9.97. The van der Waals surface area contributed by atoms with Crippen molar-refractivity contribution in [3.05, 3.63) is 0 Å². The van der Waals surface area contributed by atoms with E-state index in [0.717, 1.165) is 0 Å². The van der Waals surface area contributed by atoms with Crippen molar-refractivity contribution in [2.45, 2.75) is 44.7 Å². The fraction of sp³-hybridized carbons (Fsp3) is 0.800. The normalized spacial score (nSPS) is 28.1. The summed E-state index contributed by atoms with van der Waals surface area (Å²) in [5.41, 5.74) is -0.604. The summed E-state index contributed by atoms with van der Waals surface area (Å²) in [6, 6.07) is 0. The third kappa shape index (κ3) is 3.86. The van der Waals surface area contributed by atoms with Gasteiger partial charge < -0.3 is 25.0 Å². The second kappa shape index (κ2) is 4.89. The maximum Gasteiger partial charge on any atom is 0.407 e. The lowest BCUT2D eigenvalue weighted by Crippen LogP contribution is -2.61. The van der Waals surface area contributed by atoms with Crippen LogP contribution in [0.4, 0.5) is 4.79 Å². The maximum atomic E-state index is 11.2. The van der Waals surface area contributed by atoms with E-state index in [1.165, 1.54) is 0 Å². The van der Waals surface area contributed by atoms with Crippen LogP contribution >= 0.6 is 0 Å². The zero-order valence-corrected chi connectivity index (χ0v) is 9.97. The number of nitrogens with one attached hydrogen (secondary N) is 1. The van der Waals surface area contributed by atoms with Crippen molar-refractivity contribution in [3.63, 3.8) is 0 Å². The second-order valence-electron chi connectivity index (χ2n) is 4.81. The van der Waals surface area contributed by atoms with E-state index in [2.05, 4.69) is 5.32 Å². The molecule has 1 heterocycles. The molecule has 0 aromatic rings. The molecule has 1 amide bonds. The summed E-state index contributed by atoms with van der Waals surface area (Å²) in [5, 5.41) is 20.3. The maximum absolute atomic E-state index is 11.2. The molecule has 0 aromatic heterocycles. The molecule has 7 nitrogen and oxygen atoms in total. The number of rotatable bonds is 3. The first-order valence-corrected chi connectivity index (χ1v) is 5.24. The average Bonchev–Trinajstić information content (AvgIpc) is 2.11. The minimum atomic E-state index is -1.22. The van der Waals surface area contributed by atoms with Gasteiger partial charge >= 0.3 is 12.1 Å². The van der Waals surface area contributed by atoms with E-state index >= 15 is 0 Å². The fourth-order valence-electron chi connectivity index (χ4n) is 1.33. The average molecular weight is 247 g/mol. The van der Waals surface area contributed by atoms with E-state index < -0.39 is 36.0 Å². The predicted octanol–water partition coefficient (Wildman–Crippen LogP) is -0.276. The van der Waals surface area contributed by atoms with Gasteiger partial charge in [-0.2, -0.15) is 0 Å². The van der Waals surface area contributed by atoms with Crippen LogP contribution in [0, 0.1) is 0 Å². The molecule has 3 atom stereocenters. The van der Waals surface area contributed by atoms with Crippen LogP contribution in [0.2, 0.25) is 0 Å². The van der Waals surface area contributed by atoms with Crippen molar-refractivity contribution < 1.29 is 29.3 Å². The number of amides is 1. The number of aliphatic hydroxyl groups excluding tert-OH is 1. The molecule has 1 saturated heterocycles. The Bertz CT molecular complexity index is 310. The molecule has 7 heteroatoms. The van der Waals surface area contributed by atoms with Gasteiger partial charge in [0.1, 0.15) is 17.8 Å². The minimum Gasteiger partial charge on any atom is -0.479 e. The zero-order chi connectivity index (χ0) is 13.2. The van der Waals surface area contributed by atoms with Crippen LogP contribution in [0.25, 0.3) is 0 Å². The molecular weight excluding hydrogens is 230 g/mol. The van der Waals surface area contributed by atoms with Gasteiger partial charge in [-0.25, -0.2) is 9.59 Å². The van der Waals surface area contributed by atoms with Gasteiger partial charge in [0.15, 0.2) is 6.10 Å². The Kier molecular flexibility index (Phi) is 3.94. The van der Waals surface area contributed by atoms with Crippen LogP contribution in [-0.2, 0) is 14.3 Å². The molecule has 17 heavy (non-hydrogen) atoms. The highest BCUT2D eigenvalue weighted by atomic mass is 16.6. The van der Waals surface area contributed by atoms with E-state index in [4.69, 9.17) is 14.6 Å². The summed E-state index contributed by atoms with van der Waals surface area (Å²) in [6.07, 6.45) is -3.65. The standard InChI is InChI=1S/C10H17NO6/c1-10(2,3)17-9(15)11-4-5-6(12)7(16-5)8(13)14/h5-7,12H,4H2,1-3H3,(H,11,15)(H,13,14)/t5-,6+,7+/m1/s1. The molecule has 0 saturated carbocycles. The molecule has 0 unspecified atom stereocenters. The molecule has 1 fully saturated rings. The SMILES string of the molecule is CC(C)(C)OC(=O)NC[C@H]1O[C@H](C(=O)O)[C@H]1O. The number of ether oxygens (including phenoxy) is 2. The molecule has 0 radical (unpaired) electrons. The van der Waals surface area contributed by atoms with E-state index in [9.17, 15) is 14.7 Å². The molecule has 0 aliphatic carbocycles. The minimum absolute atomic E-state index is 0.0137. The van der Waals surface area contributed by atoms with Gasteiger partial charge in [-0.15, -0.1) is 0 Å². The summed E-state index contributed by atoms with van der Waals surface area (Å²) >= 11 is 0. The summed E-state index contributed by atoms with van der Waals surface area (Å²) in [5.74, 6) is -1.22. The van der Waals surface area contributed by atoms with Crippen molar-refractivity contribution in [3.8, 4) is 0 Å². The quantitative estimate of drug-likeness (QED) is 0.633. The highest BCUT2D eigenvalue weighted by Crippen LogP contribution is 2.21.